The van der Waals surface area contributed by atoms with Gasteiger partial charge in [0.25, 0.3) is 0 Å². The molecule has 2 aromatic rings. The lowest BCUT2D eigenvalue weighted by Gasteiger charge is -2.02. The van der Waals surface area contributed by atoms with Crippen molar-refractivity contribution >= 4 is 11.8 Å². The summed E-state index contributed by atoms with van der Waals surface area (Å²) >= 11 is 1.43. The van der Waals surface area contributed by atoms with Gasteiger partial charge in [-0.2, -0.15) is 0 Å². The summed E-state index contributed by atoms with van der Waals surface area (Å²) in [5.41, 5.74) is 2.43. The van der Waals surface area contributed by atoms with Gasteiger partial charge in [0.2, 0.25) is 0 Å². The number of aliphatic hydroxyl groups excluding tert-OH is 1. The fraction of sp³-hybridized carbons (Fsp3) is 0.0769. The van der Waals surface area contributed by atoms with Crippen molar-refractivity contribution in [3.05, 3.63) is 54.6 Å². The van der Waals surface area contributed by atoms with E-state index in [9.17, 15) is 0 Å². The summed E-state index contributed by atoms with van der Waals surface area (Å²) in [5.74, 6) is 0.130. The van der Waals surface area contributed by atoms with E-state index in [1.165, 1.54) is 22.9 Å². The highest BCUT2D eigenvalue weighted by molar-refractivity contribution is 7.99. The molecule has 0 heterocycles. The highest BCUT2D eigenvalue weighted by atomic mass is 32.2. The van der Waals surface area contributed by atoms with Crippen LogP contribution in [0.15, 0.2) is 59.5 Å². The summed E-state index contributed by atoms with van der Waals surface area (Å²) in [6.45, 7) is 0. The normalized spacial score (nSPS) is 10.2. The quantitative estimate of drug-likeness (QED) is 0.627. The topological polar surface area (TPSA) is 20.2 Å². The van der Waals surface area contributed by atoms with Gasteiger partial charge in [-0.1, -0.05) is 54.2 Å². The number of hydrogen-bond acceptors (Lipinski definition) is 2. The molecule has 1 nitrogen and oxygen atoms in total. The second-order valence-electron chi connectivity index (χ2n) is 3.16. The summed E-state index contributed by atoms with van der Waals surface area (Å²) in [6.07, 6.45) is 0. The van der Waals surface area contributed by atoms with Gasteiger partial charge in [0.15, 0.2) is 0 Å². The first-order chi connectivity index (χ1) is 7.40. The number of thioether (sulfide) groups is 1. The van der Waals surface area contributed by atoms with E-state index >= 15 is 0 Å². The van der Waals surface area contributed by atoms with Crippen molar-refractivity contribution in [3.63, 3.8) is 0 Å². The lowest BCUT2D eigenvalue weighted by Crippen LogP contribution is -1.78. The number of hydrogen-bond donors (Lipinski definition) is 1. The third-order valence-electron chi connectivity index (χ3n) is 2.19. The first-order valence-corrected chi connectivity index (χ1v) is 5.78. The van der Waals surface area contributed by atoms with E-state index < -0.39 is 0 Å². The zero-order valence-electron chi connectivity index (χ0n) is 8.26. The van der Waals surface area contributed by atoms with Crippen LogP contribution >= 0.6 is 11.8 Å². The van der Waals surface area contributed by atoms with E-state index in [1.807, 2.05) is 30.3 Å². The summed E-state index contributed by atoms with van der Waals surface area (Å²) in [5, 5.41) is 8.77. The molecule has 0 aliphatic rings. The summed E-state index contributed by atoms with van der Waals surface area (Å²) in [6, 6.07) is 18.5. The van der Waals surface area contributed by atoms with Crippen LogP contribution in [0, 0.1) is 0 Å². The highest BCUT2D eigenvalue weighted by Crippen LogP contribution is 2.23. The zero-order chi connectivity index (χ0) is 10.5. The minimum Gasteiger partial charge on any atom is -0.385 e. The average Bonchev–Trinajstić information content (AvgIpc) is 2.32. The van der Waals surface area contributed by atoms with Crippen molar-refractivity contribution < 1.29 is 5.11 Å². The predicted molar refractivity (Wildman–Crippen MR) is 64.8 cm³/mol. The van der Waals surface area contributed by atoms with Gasteiger partial charge in [-0.15, -0.1) is 0 Å². The molecule has 0 aliphatic heterocycles. The van der Waals surface area contributed by atoms with Crippen LogP contribution in [0.1, 0.15) is 0 Å². The monoisotopic (exact) mass is 216 g/mol. The van der Waals surface area contributed by atoms with Crippen molar-refractivity contribution in [3.8, 4) is 11.1 Å². The van der Waals surface area contributed by atoms with Crippen molar-refractivity contribution in [2.75, 3.05) is 5.94 Å². The standard InChI is InChI=1S/C13H12OS/c14-10-15-13-8-6-12(7-9-13)11-4-2-1-3-5-11/h1-9,14H,10H2. The van der Waals surface area contributed by atoms with Gasteiger partial charge < -0.3 is 5.11 Å². The average molecular weight is 216 g/mol. The predicted octanol–water partition coefficient (Wildman–Crippen LogP) is 3.40. The van der Waals surface area contributed by atoms with E-state index in [2.05, 4.69) is 24.3 Å². The van der Waals surface area contributed by atoms with E-state index in [0.29, 0.717) is 0 Å². The Morgan fingerprint density at radius 1 is 0.800 bits per heavy atom. The molecule has 0 amide bonds. The molecule has 0 radical (unpaired) electrons. The Hall–Kier alpha value is -1.25. The van der Waals surface area contributed by atoms with Crippen LogP contribution in [0.25, 0.3) is 11.1 Å². The molecule has 2 heteroatoms. The molecule has 0 fully saturated rings. The van der Waals surface area contributed by atoms with Gasteiger partial charge >= 0.3 is 0 Å². The Bertz CT molecular complexity index is 408. The van der Waals surface area contributed by atoms with Crippen LogP contribution in [0.3, 0.4) is 0 Å². The smallest absolute Gasteiger partial charge is 0.0932 e. The molecule has 0 saturated heterocycles. The molecule has 15 heavy (non-hydrogen) atoms. The van der Waals surface area contributed by atoms with E-state index in [0.717, 1.165) is 4.90 Å². The van der Waals surface area contributed by atoms with E-state index in [4.69, 9.17) is 5.11 Å². The second-order valence-corrected chi connectivity index (χ2v) is 4.18. The Morgan fingerprint density at radius 2 is 1.40 bits per heavy atom. The Morgan fingerprint density at radius 3 is 2.00 bits per heavy atom. The number of benzene rings is 2. The molecule has 2 rings (SSSR count). The second kappa shape index (κ2) is 5.01. The first-order valence-electron chi connectivity index (χ1n) is 4.79. The van der Waals surface area contributed by atoms with Crippen LogP contribution < -0.4 is 0 Å². The molecule has 0 bridgehead atoms. The van der Waals surface area contributed by atoms with Gasteiger partial charge in [0, 0.05) is 4.90 Å². The highest BCUT2D eigenvalue weighted by Gasteiger charge is 1.96. The molecule has 0 aliphatic carbocycles. The van der Waals surface area contributed by atoms with Crippen molar-refractivity contribution in [1.29, 1.82) is 0 Å². The maximum absolute atomic E-state index is 8.77. The molecule has 0 unspecified atom stereocenters. The van der Waals surface area contributed by atoms with Gasteiger partial charge in [-0.05, 0) is 23.3 Å². The Kier molecular flexibility index (Phi) is 3.43. The minimum absolute atomic E-state index is 0.130. The molecule has 0 spiro atoms. The van der Waals surface area contributed by atoms with Crippen molar-refractivity contribution in [2.24, 2.45) is 0 Å². The molecular weight excluding hydrogens is 204 g/mol. The molecule has 1 N–H and O–H groups in total. The molecule has 0 saturated carbocycles. The van der Waals surface area contributed by atoms with E-state index in [-0.39, 0.29) is 5.94 Å². The third-order valence-corrected chi connectivity index (χ3v) is 2.93. The van der Waals surface area contributed by atoms with Crippen LogP contribution in [0.4, 0.5) is 0 Å². The minimum atomic E-state index is 0.130. The van der Waals surface area contributed by atoms with Crippen LogP contribution in [0.5, 0.6) is 0 Å². The van der Waals surface area contributed by atoms with Crippen LogP contribution in [-0.2, 0) is 0 Å². The van der Waals surface area contributed by atoms with Gasteiger partial charge in [0.05, 0.1) is 5.94 Å². The van der Waals surface area contributed by atoms with Gasteiger partial charge in [-0.3, -0.25) is 0 Å². The zero-order valence-corrected chi connectivity index (χ0v) is 9.08. The Labute approximate surface area is 93.8 Å². The Balaban J connectivity index is 2.24. The summed E-state index contributed by atoms with van der Waals surface area (Å²) < 4.78 is 0. The van der Waals surface area contributed by atoms with Gasteiger partial charge in [-0.25, -0.2) is 0 Å². The summed E-state index contributed by atoms with van der Waals surface area (Å²) in [7, 11) is 0. The maximum Gasteiger partial charge on any atom is 0.0932 e. The fourth-order valence-corrected chi connectivity index (χ4v) is 1.93. The molecule has 76 valence electrons. The third kappa shape index (κ3) is 2.61. The first kappa shape index (κ1) is 10.3. The SMILES string of the molecule is OCSc1ccc(-c2ccccc2)cc1. The summed E-state index contributed by atoms with van der Waals surface area (Å²) in [4.78, 5) is 1.09. The fourth-order valence-electron chi connectivity index (χ4n) is 1.45. The largest absolute Gasteiger partial charge is 0.385 e. The lowest BCUT2D eigenvalue weighted by molar-refractivity contribution is 0.375. The van der Waals surface area contributed by atoms with Crippen molar-refractivity contribution in [1.82, 2.24) is 0 Å². The molecule has 0 aromatic heterocycles. The molecular formula is C13H12OS. The maximum atomic E-state index is 8.77. The van der Waals surface area contributed by atoms with Crippen LogP contribution in [0.2, 0.25) is 0 Å². The molecule has 0 atom stereocenters. The van der Waals surface area contributed by atoms with E-state index in [1.54, 1.807) is 0 Å². The molecule has 2 aromatic carbocycles. The number of aliphatic hydroxyl groups is 1. The number of rotatable bonds is 3. The lowest BCUT2D eigenvalue weighted by atomic mass is 10.1. The van der Waals surface area contributed by atoms with Gasteiger partial charge in [0.1, 0.15) is 0 Å². The van der Waals surface area contributed by atoms with Crippen LogP contribution in [-0.4, -0.2) is 11.0 Å². The van der Waals surface area contributed by atoms with Crippen molar-refractivity contribution in [2.45, 2.75) is 4.90 Å².